The normalized spacial score (nSPS) is 11.2. The molecule has 0 saturated heterocycles. The zero-order chi connectivity index (χ0) is 23.1. The Kier molecular flexibility index (Phi) is 5.44. The topological polar surface area (TPSA) is 75.2 Å². The molecule has 9 heteroatoms. The van der Waals surface area contributed by atoms with Crippen LogP contribution in [0.5, 0.6) is 11.5 Å². The lowest BCUT2D eigenvalue weighted by Crippen LogP contribution is -2.02. The van der Waals surface area contributed by atoms with Gasteiger partial charge in [0.2, 0.25) is 0 Å². The third kappa shape index (κ3) is 3.79. The standard InChI is InChI=1S/C24H18Cl2N4O3/c1-13-21-23(30(29-13)17-9-15(25)8-16(26)10-17)22(28-24(27-21)14-6-7-33-12-14)19-5-4-18(31-2)11-20(19)32-3/h4-12H,1-3H3. The minimum atomic E-state index is 0.498. The van der Waals surface area contributed by atoms with Crippen LogP contribution in [0.25, 0.3) is 39.4 Å². The van der Waals surface area contributed by atoms with Gasteiger partial charge in [-0.1, -0.05) is 23.2 Å². The second-order valence-corrected chi connectivity index (χ2v) is 8.17. The number of fused-ring (bicyclic) bond motifs is 1. The smallest absolute Gasteiger partial charge is 0.163 e. The average Bonchev–Trinajstić information content (AvgIpc) is 3.46. The highest BCUT2D eigenvalue weighted by molar-refractivity contribution is 6.34. The fourth-order valence-corrected chi connectivity index (χ4v) is 4.22. The van der Waals surface area contributed by atoms with E-state index in [1.165, 1.54) is 0 Å². The molecule has 0 N–H and O–H groups in total. The fourth-order valence-electron chi connectivity index (χ4n) is 3.71. The summed E-state index contributed by atoms with van der Waals surface area (Å²) in [4.78, 5) is 9.70. The molecule has 5 aromatic rings. The number of hydrogen-bond donors (Lipinski definition) is 0. The molecule has 3 heterocycles. The first kappa shape index (κ1) is 21.3. The van der Waals surface area contributed by atoms with Crippen LogP contribution in [0.1, 0.15) is 5.69 Å². The molecule has 0 fully saturated rings. The van der Waals surface area contributed by atoms with E-state index in [1.807, 2.05) is 31.2 Å². The van der Waals surface area contributed by atoms with E-state index in [-0.39, 0.29) is 0 Å². The Balaban J connectivity index is 1.88. The molecular weight excluding hydrogens is 463 g/mol. The van der Waals surface area contributed by atoms with Gasteiger partial charge in [-0.25, -0.2) is 14.6 Å². The van der Waals surface area contributed by atoms with E-state index in [1.54, 1.807) is 49.6 Å². The number of ether oxygens (including phenoxy) is 2. The Morgan fingerprint density at radius 1 is 0.939 bits per heavy atom. The highest BCUT2D eigenvalue weighted by Gasteiger charge is 2.22. The molecule has 0 aliphatic heterocycles. The van der Waals surface area contributed by atoms with E-state index in [9.17, 15) is 0 Å². The van der Waals surface area contributed by atoms with Gasteiger partial charge in [0.15, 0.2) is 5.82 Å². The molecule has 0 unspecified atom stereocenters. The summed E-state index contributed by atoms with van der Waals surface area (Å²) in [5, 5.41) is 5.74. The van der Waals surface area contributed by atoms with E-state index in [0.717, 1.165) is 16.8 Å². The van der Waals surface area contributed by atoms with Crippen LogP contribution in [0.3, 0.4) is 0 Å². The van der Waals surface area contributed by atoms with Crippen molar-refractivity contribution < 1.29 is 13.9 Å². The second kappa shape index (κ2) is 8.42. The summed E-state index contributed by atoms with van der Waals surface area (Å²) >= 11 is 12.6. The third-order valence-electron chi connectivity index (χ3n) is 5.22. The molecule has 166 valence electrons. The molecule has 0 aliphatic rings. The maximum absolute atomic E-state index is 6.29. The summed E-state index contributed by atoms with van der Waals surface area (Å²) < 4.78 is 18.1. The van der Waals surface area contributed by atoms with Gasteiger partial charge >= 0.3 is 0 Å². The lowest BCUT2D eigenvalue weighted by atomic mass is 10.1. The van der Waals surface area contributed by atoms with Gasteiger partial charge in [-0.2, -0.15) is 5.10 Å². The van der Waals surface area contributed by atoms with Gasteiger partial charge in [0, 0.05) is 21.7 Å². The van der Waals surface area contributed by atoms with Crippen molar-refractivity contribution >= 4 is 34.2 Å². The maximum Gasteiger partial charge on any atom is 0.163 e. The van der Waals surface area contributed by atoms with Crippen molar-refractivity contribution in [3.63, 3.8) is 0 Å². The number of benzene rings is 2. The quantitative estimate of drug-likeness (QED) is 0.290. The molecule has 3 aromatic heterocycles. The van der Waals surface area contributed by atoms with Gasteiger partial charge in [0.05, 0.1) is 37.4 Å². The van der Waals surface area contributed by atoms with Gasteiger partial charge in [0.1, 0.15) is 34.5 Å². The zero-order valence-corrected chi connectivity index (χ0v) is 19.5. The van der Waals surface area contributed by atoms with Crippen molar-refractivity contribution in [3.05, 3.63) is 70.7 Å². The van der Waals surface area contributed by atoms with Crippen molar-refractivity contribution in [1.82, 2.24) is 19.7 Å². The molecule has 7 nitrogen and oxygen atoms in total. The van der Waals surface area contributed by atoms with E-state index in [4.69, 9.17) is 52.2 Å². The second-order valence-electron chi connectivity index (χ2n) is 7.30. The maximum atomic E-state index is 6.29. The van der Waals surface area contributed by atoms with Crippen LogP contribution in [-0.2, 0) is 0 Å². The summed E-state index contributed by atoms with van der Waals surface area (Å²) in [5.41, 5.74) is 4.94. The molecule has 0 saturated carbocycles. The molecular formula is C24H18Cl2N4O3. The van der Waals surface area contributed by atoms with Crippen LogP contribution in [0.15, 0.2) is 59.4 Å². The van der Waals surface area contributed by atoms with Gasteiger partial charge in [0.25, 0.3) is 0 Å². The number of methoxy groups -OCH3 is 2. The van der Waals surface area contributed by atoms with E-state index >= 15 is 0 Å². The summed E-state index contributed by atoms with van der Waals surface area (Å²) in [7, 11) is 3.21. The Morgan fingerprint density at radius 3 is 2.39 bits per heavy atom. The Hall–Kier alpha value is -3.55. The van der Waals surface area contributed by atoms with Gasteiger partial charge in [-0.15, -0.1) is 0 Å². The predicted molar refractivity (Wildman–Crippen MR) is 128 cm³/mol. The molecule has 2 aromatic carbocycles. The Bertz CT molecular complexity index is 1460. The largest absolute Gasteiger partial charge is 0.497 e. The number of aromatic nitrogens is 4. The Morgan fingerprint density at radius 2 is 1.73 bits per heavy atom. The first-order valence-electron chi connectivity index (χ1n) is 9.97. The first-order valence-corrected chi connectivity index (χ1v) is 10.7. The highest BCUT2D eigenvalue weighted by Crippen LogP contribution is 2.38. The highest BCUT2D eigenvalue weighted by atomic mass is 35.5. The van der Waals surface area contributed by atoms with Gasteiger partial charge < -0.3 is 13.9 Å². The molecule has 5 rings (SSSR count). The van der Waals surface area contributed by atoms with Crippen LogP contribution >= 0.6 is 23.2 Å². The lowest BCUT2D eigenvalue weighted by Gasteiger charge is -2.13. The molecule has 0 spiro atoms. The van der Waals surface area contributed by atoms with E-state index in [2.05, 4.69) is 0 Å². The molecule has 0 amide bonds. The molecule has 0 radical (unpaired) electrons. The van der Waals surface area contributed by atoms with Crippen LogP contribution in [0.2, 0.25) is 10.0 Å². The van der Waals surface area contributed by atoms with Crippen LogP contribution < -0.4 is 9.47 Å². The fraction of sp³-hybridized carbons (Fsp3) is 0.125. The number of aryl methyl sites for hydroxylation is 1. The average molecular weight is 481 g/mol. The SMILES string of the molecule is COc1ccc(-c2nc(-c3ccoc3)nc3c(C)nn(-c4cc(Cl)cc(Cl)c4)c23)c(OC)c1. The predicted octanol–water partition coefficient (Wildman–Crippen LogP) is 6.37. The zero-order valence-electron chi connectivity index (χ0n) is 18.0. The lowest BCUT2D eigenvalue weighted by molar-refractivity contribution is 0.395. The molecule has 33 heavy (non-hydrogen) atoms. The third-order valence-corrected chi connectivity index (χ3v) is 5.66. The van der Waals surface area contributed by atoms with Crippen LogP contribution in [0, 0.1) is 6.92 Å². The van der Waals surface area contributed by atoms with Crippen molar-refractivity contribution in [2.45, 2.75) is 6.92 Å². The minimum Gasteiger partial charge on any atom is -0.497 e. The van der Waals surface area contributed by atoms with Gasteiger partial charge in [-0.3, -0.25) is 0 Å². The van der Waals surface area contributed by atoms with Crippen molar-refractivity contribution in [2.24, 2.45) is 0 Å². The number of furan rings is 1. The van der Waals surface area contributed by atoms with Crippen molar-refractivity contribution in [2.75, 3.05) is 14.2 Å². The monoisotopic (exact) mass is 480 g/mol. The molecule has 0 bridgehead atoms. The molecule has 0 aliphatic carbocycles. The number of nitrogens with zero attached hydrogens (tertiary/aromatic N) is 4. The van der Waals surface area contributed by atoms with Crippen LogP contribution in [0.4, 0.5) is 0 Å². The van der Waals surface area contributed by atoms with E-state index in [0.29, 0.717) is 49.8 Å². The van der Waals surface area contributed by atoms with Crippen molar-refractivity contribution in [3.8, 4) is 39.8 Å². The van der Waals surface area contributed by atoms with Crippen LogP contribution in [-0.4, -0.2) is 34.0 Å². The molecule has 0 atom stereocenters. The number of halogens is 2. The minimum absolute atomic E-state index is 0.498. The summed E-state index contributed by atoms with van der Waals surface area (Å²) in [6.07, 6.45) is 3.19. The van der Waals surface area contributed by atoms with Gasteiger partial charge in [-0.05, 0) is 43.3 Å². The van der Waals surface area contributed by atoms with E-state index < -0.39 is 0 Å². The number of hydrogen-bond acceptors (Lipinski definition) is 6. The number of rotatable bonds is 5. The summed E-state index contributed by atoms with van der Waals surface area (Å²) in [6.45, 7) is 1.90. The first-order chi connectivity index (χ1) is 16.0. The Labute approximate surface area is 199 Å². The summed E-state index contributed by atoms with van der Waals surface area (Å²) in [6, 6.07) is 12.6. The summed E-state index contributed by atoms with van der Waals surface area (Å²) in [5.74, 6) is 1.78. The van der Waals surface area contributed by atoms with Crippen molar-refractivity contribution in [1.29, 1.82) is 0 Å².